The van der Waals surface area contributed by atoms with Crippen LogP contribution in [0.1, 0.15) is 23.4 Å². The minimum atomic E-state index is 0.0456. The van der Waals surface area contributed by atoms with E-state index in [0.29, 0.717) is 19.5 Å². The summed E-state index contributed by atoms with van der Waals surface area (Å²) >= 11 is 0. The number of nitrogens with one attached hydrogen (secondary N) is 1. The first kappa shape index (κ1) is 16.1. The molecule has 0 saturated carbocycles. The number of hydrogen-bond acceptors (Lipinski definition) is 3. The van der Waals surface area contributed by atoms with Gasteiger partial charge < -0.3 is 10.2 Å². The molecule has 1 N–H and O–H groups in total. The molecule has 0 fully saturated rings. The van der Waals surface area contributed by atoms with Crippen molar-refractivity contribution >= 4 is 11.6 Å². The van der Waals surface area contributed by atoms with Crippen LogP contribution in [-0.2, 0) is 17.9 Å². The van der Waals surface area contributed by atoms with Gasteiger partial charge in [0.25, 0.3) is 0 Å². The molecule has 0 aliphatic rings. The van der Waals surface area contributed by atoms with Gasteiger partial charge in [0, 0.05) is 45.0 Å². The van der Waals surface area contributed by atoms with Crippen LogP contribution in [0.25, 0.3) is 0 Å². The summed E-state index contributed by atoms with van der Waals surface area (Å²) in [5.41, 5.74) is 4.33. The molecule has 0 unspecified atom stereocenters. The van der Waals surface area contributed by atoms with Gasteiger partial charge >= 0.3 is 0 Å². The molecule has 0 aliphatic heterocycles. The number of hydrogen-bond donors (Lipinski definition) is 1. The number of aromatic nitrogens is 2. The highest BCUT2D eigenvalue weighted by molar-refractivity contribution is 5.75. The van der Waals surface area contributed by atoms with Crippen LogP contribution in [0.4, 0.5) is 5.69 Å². The minimum absolute atomic E-state index is 0.0456. The lowest BCUT2D eigenvalue weighted by molar-refractivity contribution is -0.121. The zero-order chi connectivity index (χ0) is 16.1. The van der Waals surface area contributed by atoms with Crippen LogP contribution in [-0.4, -0.2) is 29.8 Å². The van der Waals surface area contributed by atoms with Crippen LogP contribution >= 0.6 is 0 Å². The molecule has 2 rings (SSSR count). The third-order valence-electron chi connectivity index (χ3n) is 3.60. The van der Waals surface area contributed by atoms with Gasteiger partial charge in [-0.25, -0.2) is 0 Å². The maximum atomic E-state index is 11.9. The van der Waals surface area contributed by atoms with Crippen LogP contribution in [0, 0.1) is 13.8 Å². The first-order valence-corrected chi connectivity index (χ1v) is 7.49. The standard InChI is InChI=1S/C17H24N4O/c1-13-11-14(2)21(19-13)10-9-17(22)18-12-15-5-7-16(8-6-15)20(3)4/h5-8,11H,9-10,12H2,1-4H3,(H,18,22). The van der Waals surface area contributed by atoms with Crippen molar-refractivity contribution in [3.8, 4) is 0 Å². The summed E-state index contributed by atoms with van der Waals surface area (Å²) in [5, 5.41) is 7.31. The first-order valence-electron chi connectivity index (χ1n) is 7.49. The van der Waals surface area contributed by atoms with Crippen molar-refractivity contribution in [2.75, 3.05) is 19.0 Å². The van der Waals surface area contributed by atoms with E-state index in [1.807, 2.05) is 50.8 Å². The fraction of sp³-hybridized carbons (Fsp3) is 0.412. The summed E-state index contributed by atoms with van der Waals surface area (Å²) < 4.78 is 1.88. The van der Waals surface area contributed by atoms with Crippen LogP contribution < -0.4 is 10.2 Å². The van der Waals surface area contributed by atoms with E-state index in [4.69, 9.17) is 0 Å². The summed E-state index contributed by atoms with van der Waals surface area (Å²) in [5.74, 6) is 0.0456. The summed E-state index contributed by atoms with van der Waals surface area (Å²) in [6.45, 7) is 5.14. The first-order chi connectivity index (χ1) is 10.5. The summed E-state index contributed by atoms with van der Waals surface area (Å²) in [7, 11) is 4.02. The fourth-order valence-corrected chi connectivity index (χ4v) is 2.31. The molecule has 118 valence electrons. The van der Waals surface area contributed by atoms with E-state index < -0.39 is 0 Å². The lowest BCUT2D eigenvalue weighted by Gasteiger charge is -2.13. The number of anilines is 1. The van der Waals surface area contributed by atoms with Gasteiger partial charge in [-0.1, -0.05) is 12.1 Å². The zero-order valence-corrected chi connectivity index (χ0v) is 13.8. The van der Waals surface area contributed by atoms with Crippen LogP contribution in [0.2, 0.25) is 0 Å². The Labute approximate surface area is 131 Å². The molecule has 1 aromatic carbocycles. The SMILES string of the molecule is Cc1cc(C)n(CCC(=O)NCc2ccc(N(C)C)cc2)n1. The fourth-order valence-electron chi connectivity index (χ4n) is 2.31. The Balaban J connectivity index is 1.79. The topological polar surface area (TPSA) is 50.2 Å². The van der Waals surface area contributed by atoms with E-state index >= 15 is 0 Å². The number of carbonyl (C=O) groups excluding carboxylic acids is 1. The maximum Gasteiger partial charge on any atom is 0.222 e. The highest BCUT2D eigenvalue weighted by Crippen LogP contribution is 2.12. The Bertz CT molecular complexity index is 629. The van der Waals surface area contributed by atoms with Gasteiger partial charge in [0.05, 0.1) is 5.69 Å². The highest BCUT2D eigenvalue weighted by atomic mass is 16.1. The van der Waals surface area contributed by atoms with Gasteiger partial charge in [-0.3, -0.25) is 9.48 Å². The van der Waals surface area contributed by atoms with Gasteiger partial charge in [0.2, 0.25) is 5.91 Å². The van der Waals surface area contributed by atoms with Gasteiger partial charge in [0.1, 0.15) is 0 Å². The van der Waals surface area contributed by atoms with Crippen LogP contribution in [0.3, 0.4) is 0 Å². The second kappa shape index (κ2) is 7.11. The third-order valence-corrected chi connectivity index (χ3v) is 3.60. The molecule has 0 saturated heterocycles. The Morgan fingerprint density at radius 3 is 2.45 bits per heavy atom. The average Bonchev–Trinajstić information content (AvgIpc) is 2.81. The van der Waals surface area contributed by atoms with E-state index in [2.05, 4.69) is 27.4 Å². The molecule has 5 nitrogen and oxygen atoms in total. The lowest BCUT2D eigenvalue weighted by atomic mass is 10.2. The molecular formula is C17H24N4O. The van der Waals surface area contributed by atoms with E-state index in [0.717, 1.165) is 22.6 Å². The van der Waals surface area contributed by atoms with Gasteiger partial charge in [0.15, 0.2) is 0 Å². The molecule has 22 heavy (non-hydrogen) atoms. The number of carbonyl (C=O) groups is 1. The van der Waals surface area contributed by atoms with E-state index in [1.54, 1.807) is 0 Å². The van der Waals surface area contributed by atoms with E-state index in [9.17, 15) is 4.79 Å². The summed E-state index contributed by atoms with van der Waals surface area (Å²) in [4.78, 5) is 14.0. The molecule has 0 bridgehead atoms. The van der Waals surface area contributed by atoms with Crippen molar-refractivity contribution in [3.05, 3.63) is 47.3 Å². The zero-order valence-electron chi connectivity index (χ0n) is 13.8. The third kappa shape index (κ3) is 4.35. The van der Waals surface area contributed by atoms with Crippen molar-refractivity contribution in [2.45, 2.75) is 33.4 Å². The van der Waals surface area contributed by atoms with Crippen molar-refractivity contribution in [3.63, 3.8) is 0 Å². The molecule has 5 heteroatoms. The average molecular weight is 300 g/mol. The quantitative estimate of drug-likeness (QED) is 0.890. The van der Waals surface area contributed by atoms with E-state index in [1.165, 1.54) is 0 Å². The second-order valence-corrected chi connectivity index (χ2v) is 5.74. The highest BCUT2D eigenvalue weighted by Gasteiger charge is 2.05. The lowest BCUT2D eigenvalue weighted by Crippen LogP contribution is -2.24. The van der Waals surface area contributed by atoms with Crippen molar-refractivity contribution in [1.82, 2.24) is 15.1 Å². The number of amides is 1. The number of nitrogens with zero attached hydrogens (tertiary/aromatic N) is 3. The number of benzene rings is 1. The van der Waals surface area contributed by atoms with Gasteiger partial charge in [-0.05, 0) is 37.6 Å². The van der Waals surface area contributed by atoms with Crippen LogP contribution in [0.15, 0.2) is 30.3 Å². The van der Waals surface area contributed by atoms with Gasteiger partial charge in [-0.15, -0.1) is 0 Å². The second-order valence-electron chi connectivity index (χ2n) is 5.74. The summed E-state index contributed by atoms with van der Waals surface area (Å²) in [6.07, 6.45) is 0.442. The van der Waals surface area contributed by atoms with Gasteiger partial charge in [-0.2, -0.15) is 5.10 Å². The maximum absolute atomic E-state index is 11.9. The minimum Gasteiger partial charge on any atom is -0.378 e. The number of aryl methyl sites for hydroxylation is 3. The Kier molecular flexibility index (Phi) is 5.20. The van der Waals surface area contributed by atoms with Crippen molar-refractivity contribution < 1.29 is 4.79 Å². The Hall–Kier alpha value is -2.30. The largest absolute Gasteiger partial charge is 0.378 e. The van der Waals surface area contributed by atoms with Crippen LogP contribution in [0.5, 0.6) is 0 Å². The molecule has 2 aromatic rings. The predicted molar refractivity (Wildman–Crippen MR) is 88.9 cm³/mol. The van der Waals surface area contributed by atoms with Crippen molar-refractivity contribution in [2.24, 2.45) is 0 Å². The number of rotatable bonds is 6. The Morgan fingerprint density at radius 1 is 1.23 bits per heavy atom. The predicted octanol–water partition coefficient (Wildman–Crippen LogP) is 2.27. The van der Waals surface area contributed by atoms with Crippen molar-refractivity contribution in [1.29, 1.82) is 0 Å². The van der Waals surface area contributed by atoms with E-state index in [-0.39, 0.29) is 5.91 Å². The molecule has 1 aromatic heterocycles. The molecule has 0 aliphatic carbocycles. The molecule has 1 amide bonds. The smallest absolute Gasteiger partial charge is 0.222 e. The normalized spacial score (nSPS) is 10.5. The Morgan fingerprint density at radius 2 is 1.91 bits per heavy atom. The molecule has 0 spiro atoms. The molecule has 0 atom stereocenters. The summed E-state index contributed by atoms with van der Waals surface area (Å²) in [6, 6.07) is 10.2. The molecular weight excluding hydrogens is 276 g/mol. The molecule has 0 radical (unpaired) electrons. The molecule has 1 heterocycles. The monoisotopic (exact) mass is 300 g/mol.